The predicted octanol–water partition coefficient (Wildman–Crippen LogP) is 14.3. The molecule has 0 bridgehead atoms. The van der Waals surface area contributed by atoms with Crippen molar-refractivity contribution >= 4 is 63.2 Å². The Morgan fingerprint density at radius 1 is 0.544 bits per heavy atom. The van der Waals surface area contributed by atoms with Crippen LogP contribution in [0.1, 0.15) is 40.3 Å². The Balaban J connectivity index is 1.25. The van der Waals surface area contributed by atoms with Crippen LogP contribution >= 0.6 is 0 Å². The summed E-state index contributed by atoms with van der Waals surface area (Å²) in [6, 6.07) is 74.2. The van der Waals surface area contributed by atoms with E-state index >= 15 is 0 Å². The number of fused-ring (bicyclic) bond motifs is 4. The van der Waals surface area contributed by atoms with Gasteiger partial charge in [-0.25, -0.2) is 15.0 Å². The lowest BCUT2D eigenvalue weighted by Gasteiger charge is -2.35. The fourth-order valence-electron chi connectivity index (χ4n) is 9.27. The standard InChI is InChI=1S/C61H45N7/c1-40(42-23-9-4-10-24-42)55(63-3)48-37-47(54(62)57(43-25-11-5-12-26-43)67-41(2)50-33-19-21-35-52(50)64-59(67)45-29-15-7-16-30-45)38-49(39-48)56-58(44-27-13-6-14-28-44)68-60(46-31-17-8-18-32-46)65-53-36-22-20-34-51(53)61(68)66-56/h4-39H,2-3,62H2,1H3/b55-40+,57-54-. The molecule has 7 heteroatoms. The molecule has 0 aliphatic carbocycles. The second kappa shape index (κ2) is 17.6. The molecule has 8 aromatic carbocycles. The van der Waals surface area contributed by atoms with Crippen molar-refractivity contribution in [2.75, 3.05) is 0 Å². The van der Waals surface area contributed by atoms with Gasteiger partial charge in [0, 0.05) is 55.6 Å². The van der Waals surface area contributed by atoms with Crippen molar-refractivity contribution in [3.63, 3.8) is 0 Å². The van der Waals surface area contributed by atoms with E-state index in [1.54, 1.807) is 0 Å². The van der Waals surface area contributed by atoms with Crippen LogP contribution in [-0.2, 0) is 0 Å². The molecular formula is C61H45N7. The highest BCUT2D eigenvalue weighted by Gasteiger charge is 2.31. The van der Waals surface area contributed by atoms with Crippen LogP contribution in [-0.4, -0.2) is 31.8 Å². The van der Waals surface area contributed by atoms with Crippen molar-refractivity contribution in [3.05, 3.63) is 258 Å². The largest absolute Gasteiger partial charge is 0.397 e. The van der Waals surface area contributed by atoms with Crippen LogP contribution in [0.2, 0.25) is 0 Å². The van der Waals surface area contributed by atoms with E-state index in [-0.39, 0.29) is 0 Å². The summed E-state index contributed by atoms with van der Waals surface area (Å²) in [4.78, 5) is 23.2. The number of benzene rings is 8. The quantitative estimate of drug-likeness (QED) is 0.110. The van der Waals surface area contributed by atoms with Gasteiger partial charge in [0.25, 0.3) is 0 Å². The summed E-state index contributed by atoms with van der Waals surface area (Å²) in [5.74, 6) is 1.49. The van der Waals surface area contributed by atoms with Crippen molar-refractivity contribution in [3.8, 4) is 33.9 Å². The van der Waals surface area contributed by atoms with E-state index < -0.39 is 0 Å². The van der Waals surface area contributed by atoms with E-state index in [9.17, 15) is 0 Å². The lowest BCUT2D eigenvalue weighted by Crippen LogP contribution is -2.32. The van der Waals surface area contributed by atoms with Crippen LogP contribution in [0.4, 0.5) is 5.69 Å². The number of nitrogens with zero attached hydrogens (tertiary/aromatic N) is 6. The summed E-state index contributed by atoms with van der Waals surface area (Å²) >= 11 is 0. The summed E-state index contributed by atoms with van der Waals surface area (Å²) in [5.41, 5.74) is 23.7. The minimum absolute atomic E-state index is 0.506. The molecule has 0 atom stereocenters. The summed E-state index contributed by atoms with van der Waals surface area (Å²) in [5, 5.41) is 0.933. The van der Waals surface area contributed by atoms with Crippen molar-refractivity contribution in [1.29, 1.82) is 0 Å². The second-order valence-electron chi connectivity index (χ2n) is 16.7. The van der Waals surface area contributed by atoms with Gasteiger partial charge in [-0.2, -0.15) is 0 Å². The number of hydrogen-bond acceptors (Lipinski definition) is 6. The molecule has 1 aliphatic heterocycles. The third-order valence-electron chi connectivity index (χ3n) is 12.5. The summed E-state index contributed by atoms with van der Waals surface area (Å²) in [6.07, 6.45) is 0. The Morgan fingerprint density at radius 2 is 1.10 bits per heavy atom. The normalized spacial score (nSPS) is 13.2. The van der Waals surface area contributed by atoms with Crippen LogP contribution in [0.3, 0.4) is 0 Å². The number of aromatic nitrogens is 3. The van der Waals surface area contributed by atoms with Crippen molar-refractivity contribution in [2.45, 2.75) is 6.92 Å². The topological polar surface area (TPSA) is 84.2 Å². The van der Waals surface area contributed by atoms with Crippen LogP contribution in [0.25, 0.3) is 78.8 Å². The molecule has 1 aliphatic rings. The van der Waals surface area contributed by atoms with E-state index in [0.29, 0.717) is 11.5 Å². The molecule has 0 radical (unpaired) electrons. The minimum Gasteiger partial charge on any atom is -0.397 e. The maximum atomic E-state index is 7.81. The molecule has 0 saturated carbocycles. The zero-order chi connectivity index (χ0) is 46.1. The van der Waals surface area contributed by atoms with Crippen LogP contribution in [0, 0.1) is 0 Å². The smallest absolute Gasteiger partial charge is 0.149 e. The first-order valence-electron chi connectivity index (χ1n) is 22.6. The van der Waals surface area contributed by atoms with Gasteiger partial charge < -0.3 is 5.73 Å². The second-order valence-corrected chi connectivity index (χ2v) is 16.7. The third-order valence-corrected chi connectivity index (χ3v) is 12.5. The van der Waals surface area contributed by atoms with Gasteiger partial charge in [-0.05, 0) is 61.2 Å². The highest BCUT2D eigenvalue weighted by molar-refractivity contribution is 6.15. The Morgan fingerprint density at radius 3 is 1.78 bits per heavy atom. The monoisotopic (exact) mass is 875 g/mol. The number of hydrogen-bond donors (Lipinski definition) is 1. The van der Waals surface area contributed by atoms with E-state index in [1.165, 1.54) is 0 Å². The van der Waals surface area contributed by atoms with Crippen LogP contribution in [0.15, 0.2) is 235 Å². The van der Waals surface area contributed by atoms with Crippen molar-refractivity contribution in [1.82, 2.24) is 19.3 Å². The number of aliphatic imine (C=N–C) groups is 2. The highest BCUT2D eigenvalue weighted by Crippen LogP contribution is 2.44. The van der Waals surface area contributed by atoms with Gasteiger partial charge in [0.15, 0.2) is 0 Å². The summed E-state index contributed by atoms with van der Waals surface area (Å²) < 4.78 is 2.21. The molecule has 2 N–H and O–H groups in total. The van der Waals surface area contributed by atoms with Crippen LogP contribution < -0.4 is 5.73 Å². The Labute approximate surface area is 395 Å². The molecule has 2 aromatic heterocycles. The molecule has 0 unspecified atom stereocenters. The van der Waals surface area contributed by atoms with Gasteiger partial charge in [-0.15, -0.1) is 0 Å². The van der Waals surface area contributed by atoms with Crippen LogP contribution in [0.5, 0.6) is 0 Å². The first kappa shape index (κ1) is 41.5. The third kappa shape index (κ3) is 7.38. The summed E-state index contributed by atoms with van der Waals surface area (Å²) in [7, 11) is 0. The highest BCUT2D eigenvalue weighted by atomic mass is 15.2. The number of amidine groups is 1. The predicted molar refractivity (Wildman–Crippen MR) is 283 cm³/mol. The van der Waals surface area contributed by atoms with E-state index in [4.69, 9.17) is 32.3 Å². The minimum atomic E-state index is 0.506. The van der Waals surface area contributed by atoms with E-state index in [0.717, 1.165) is 112 Å². The van der Waals surface area contributed by atoms with Crippen molar-refractivity contribution < 1.29 is 0 Å². The van der Waals surface area contributed by atoms with E-state index in [2.05, 4.69) is 126 Å². The Bertz CT molecular complexity index is 3650. The molecule has 10 aromatic rings. The molecule has 3 heterocycles. The number of rotatable bonds is 10. The summed E-state index contributed by atoms with van der Waals surface area (Å²) in [6.45, 7) is 11.0. The number of para-hydroxylation sites is 2. The number of imidazole rings is 1. The van der Waals surface area contributed by atoms with Gasteiger partial charge in [-0.3, -0.25) is 14.3 Å². The molecule has 0 saturated heterocycles. The lowest BCUT2D eigenvalue weighted by molar-refractivity contribution is 0.812. The fourth-order valence-corrected chi connectivity index (χ4v) is 9.27. The first-order chi connectivity index (χ1) is 33.5. The van der Waals surface area contributed by atoms with E-state index in [1.807, 2.05) is 115 Å². The maximum Gasteiger partial charge on any atom is 0.149 e. The van der Waals surface area contributed by atoms with Gasteiger partial charge in [-0.1, -0.05) is 189 Å². The molecule has 324 valence electrons. The molecule has 0 spiro atoms. The molecule has 68 heavy (non-hydrogen) atoms. The first-order valence-corrected chi connectivity index (χ1v) is 22.6. The molecule has 11 rings (SSSR count). The zero-order valence-electron chi connectivity index (χ0n) is 37.5. The van der Waals surface area contributed by atoms with Gasteiger partial charge in [0.05, 0.1) is 39.7 Å². The fraction of sp³-hybridized carbons (Fsp3) is 0.0164. The average Bonchev–Trinajstić information content (AvgIpc) is 3.82. The Hall–Kier alpha value is -9.20. The number of allylic oxidation sites excluding steroid dienone is 1. The number of nitrogens with two attached hydrogens (primary N) is 1. The maximum absolute atomic E-state index is 7.81. The zero-order valence-corrected chi connectivity index (χ0v) is 37.5. The van der Waals surface area contributed by atoms with Gasteiger partial charge in [0.1, 0.15) is 17.3 Å². The van der Waals surface area contributed by atoms with Gasteiger partial charge >= 0.3 is 0 Å². The SMILES string of the molecule is C=N/C(=C(\C)c1ccccc1)c1cc(/C(N)=C(\c2ccccc2)N2C(=C)c3ccccc3N=C2c2ccccc2)cc(-c2nc3c4ccccc4nc(-c4ccccc4)n3c2-c2ccccc2)c1. The molecule has 0 amide bonds. The molecule has 0 fully saturated rings. The lowest BCUT2D eigenvalue weighted by atomic mass is 9.93. The molecular weight excluding hydrogens is 831 g/mol. The average molecular weight is 876 g/mol. The van der Waals surface area contributed by atoms with Crippen molar-refractivity contribution in [2.24, 2.45) is 15.7 Å². The van der Waals surface area contributed by atoms with Gasteiger partial charge in [0.2, 0.25) is 0 Å². The Kier molecular flexibility index (Phi) is 10.8. The molecule has 7 nitrogen and oxygen atoms in total.